The number of H-pyrrole nitrogens is 1. The molecule has 3 unspecified atom stereocenters. The standard InChI is InChI=1S/C20H28N4O.HI/c1-20(2)17(15-9-11-25-18(15)20)24-19(21-3)22-10-8-13-12-23-16-7-5-4-6-14(13)16;/h4-7,12,15,17-18,23H,8-11H2,1-3H3,(H2,21,22,24);1H. The zero-order valence-corrected chi connectivity index (χ0v) is 18.0. The highest BCUT2D eigenvalue weighted by Gasteiger charge is 2.59. The topological polar surface area (TPSA) is 61.4 Å². The average Bonchev–Trinajstić information content (AvgIpc) is 3.24. The van der Waals surface area contributed by atoms with Crippen molar-refractivity contribution in [2.45, 2.75) is 38.8 Å². The zero-order chi connectivity index (χ0) is 17.4. The molecule has 1 aliphatic heterocycles. The number of para-hydroxylation sites is 1. The number of ether oxygens (including phenoxy) is 1. The molecule has 2 heterocycles. The van der Waals surface area contributed by atoms with Gasteiger partial charge in [0, 0.05) is 54.7 Å². The predicted octanol–water partition coefficient (Wildman–Crippen LogP) is 3.31. The maximum Gasteiger partial charge on any atom is 0.191 e. The van der Waals surface area contributed by atoms with E-state index in [4.69, 9.17) is 4.74 Å². The van der Waals surface area contributed by atoms with Crippen molar-refractivity contribution in [2.75, 3.05) is 20.2 Å². The zero-order valence-electron chi connectivity index (χ0n) is 15.7. The summed E-state index contributed by atoms with van der Waals surface area (Å²) in [6.45, 7) is 6.33. The van der Waals surface area contributed by atoms with Crippen LogP contribution in [-0.2, 0) is 11.2 Å². The highest BCUT2D eigenvalue weighted by Crippen LogP contribution is 2.52. The van der Waals surface area contributed by atoms with Gasteiger partial charge in [-0.1, -0.05) is 32.0 Å². The third kappa shape index (κ3) is 3.33. The number of hydrogen-bond donors (Lipinski definition) is 3. The number of fused-ring (bicyclic) bond motifs is 2. The van der Waals surface area contributed by atoms with Crippen LogP contribution >= 0.6 is 24.0 Å². The third-order valence-corrected chi connectivity index (χ3v) is 5.98. The first-order valence-corrected chi connectivity index (χ1v) is 9.25. The van der Waals surface area contributed by atoms with Crippen molar-refractivity contribution >= 4 is 40.8 Å². The summed E-state index contributed by atoms with van der Waals surface area (Å²) in [5.74, 6) is 1.51. The molecule has 1 aromatic carbocycles. The number of rotatable bonds is 4. The lowest BCUT2D eigenvalue weighted by Gasteiger charge is -2.54. The number of nitrogens with one attached hydrogen (secondary N) is 3. The number of halogens is 1. The Labute approximate surface area is 172 Å². The molecule has 4 rings (SSSR count). The quantitative estimate of drug-likeness (QED) is 0.367. The highest BCUT2D eigenvalue weighted by atomic mass is 127. The minimum Gasteiger partial charge on any atom is -0.377 e. The first-order chi connectivity index (χ1) is 12.1. The van der Waals surface area contributed by atoms with E-state index in [1.165, 1.54) is 16.5 Å². The minimum atomic E-state index is 0. The summed E-state index contributed by atoms with van der Waals surface area (Å²) in [5.41, 5.74) is 2.70. The molecule has 1 aliphatic carbocycles. The van der Waals surface area contributed by atoms with E-state index in [2.05, 4.69) is 64.9 Å². The molecule has 1 aromatic heterocycles. The van der Waals surface area contributed by atoms with Gasteiger partial charge >= 0.3 is 0 Å². The van der Waals surface area contributed by atoms with E-state index in [0.717, 1.165) is 32.0 Å². The first kappa shape index (κ1) is 19.5. The summed E-state index contributed by atoms with van der Waals surface area (Å²) in [6, 6.07) is 8.87. The van der Waals surface area contributed by atoms with Gasteiger partial charge in [-0.3, -0.25) is 4.99 Å². The molecule has 3 N–H and O–H groups in total. The SMILES string of the molecule is CN=C(NCCc1c[nH]c2ccccc12)NC1C2CCOC2C1(C)C.I. The van der Waals surface area contributed by atoms with Crippen molar-refractivity contribution in [3.63, 3.8) is 0 Å². The average molecular weight is 468 g/mol. The molecule has 6 heteroatoms. The van der Waals surface area contributed by atoms with Gasteiger partial charge in [0.1, 0.15) is 0 Å². The van der Waals surface area contributed by atoms with Gasteiger partial charge in [0.2, 0.25) is 0 Å². The lowest BCUT2D eigenvalue weighted by Crippen LogP contribution is -2.68. The summed E-state index contributed by atoms with van der Waals surface area (Å²) in [7, 11) is 1.84. The summed E-state index contributed by atoms with van der Waals surface area (Å²) in [4.78, 5) is 7.76. The smallest absolute Gasteiger partial charge is 0.191 e. The Morgan fingerprint density at radius 3 is 2.96 bits per heavy atom. The lowest BCUT2D eigenvalue weighted by molar-refractivity contribution is -0.106. The molecule has 3 atom stereocenters. The van der Waals surface area contributed by atoms with Gasteiger partial charge in [-0.25, -0.2) is 0 Å². The molecule has 142 valence electrons. The van der Waals surface area contributed by atoms with Crippen LogP contribution in [-0.4, -0.2) is 43.3 Å². The molecule has 2 aliphatic rings. The molecule has 0 bridgehead atoms. The maximum atomic E-state index is 5.88. The van der Waals surface area contributed by atoms with Crippen LogP contribution in [0.15, 0.2) is 35.5 Å². The maximum absolute atomic E-state index is 5.88. The second-order valence-corrected chi connectivity index (χ2v) is 7.80. The summed E-state index contributed by atoms with van der Waals surface area (Å²) in [6.07, 6.45) is 4.62. The summed E-state index contributed by atoms with van der Waals surface area (Å²) >= 11 is 0. The van der Waals surface area contributed by atoms with Crippen molar-refractivity contribution in [3.8, 4) is 0 Å². The fraction of sp³-hybridized carbons (Fsp3) is 0.550. The van der Waals surface area contributed by atoms with Gasteiger partial charge in [-0.15, -0.1) is 24.0 Å². The van der Waals surface area contributed by atoms with Gasteiger partial charge < -0.3 is 20.4 Å². The number of aliphatic imine (C=N–C) groups is 1. The number of aromatic amines is 1. The van der Waals surface area contributed by atoms with Crippen LogP contribution in [0.4, 0.5) is 0 Å². The first-order valence-electron chi connectivity index (χ1n) is 9.25. The van der Waals surface area contributed by atoms with Crippen molar-refractivity contribution in [1.82, 2.24) is 15.6 Å². The number of aromatic nitrogens is 1. The molecular weight excluding hydrogens is 439 g/mol. The van der Waals surface area contributed by atoms with Gasteiger partial charge in [0.25, 0.3) is 0 Å². The molecule has 1 saturated heterocycles. The Balaban J connectivity index is 0.00000196. The van der Waals surface area contributed by atoms with E-state index in [1.54, 1.807) is 0 Å². The van der Waals surface area contributed by atoms with Crippen LogP contribution in [0, 0.1) is 11.3 Å². The fourth-order valence-corrected chi connectivity index (χ4v) is 4.61. The van der Waals surface area contributed by atoms with E-state index in [-0.39, 0.29) is 29.4 Å². The second kappa shape index (κ2) is 7.76. The van der Waals surface area contributed by atoms with Crippen LogP contribution < -0.4 is 10.6 Å². The Morgan fingerprint density at radius 2 is 2.15 bits per heavy atom. The van der Waals surface area contributed by atoms with Crippen LogP contribution in [0.25, 0.3) is 10.9 Å². The largest absolute Gasteiger partial charge is 0.377 e. The molecule has 26 heavy (non-hydrogen) atoms. The van der Waals surface area contributed by atoms with Crippen LogP contribution in [0.3, 0.4) is 0 Å². The highest BCUT2D eigenvalue weighted by molar-refractivity contribution is 14.0. The minimum absolute atomic E-state index is 0. The molecule has 2 fully saturated rings. The van der Waals surface area contributed by atoms with E-state index in [0.29, 0.717) is 18.1 Å². The summed E-state index contributed by atoms with van der Waals surface area (Å²) < 4.78 is 5.88. The Morgan fingerprint density at radius 1 is 1.35 bits per heavy atom. The van der Waals surface area contributed by atoms with Gasteiger partial charge in [0.15, 0.2) is 5.96 Å². The van der Waals surface area contributed by atoms with E-state index in [9.17, 15) is 0 Å². The molecular formula is C20H29IN4O. The number of guanidine groups is 1. The van der Waals surface area contributed by atoms with Crippen LogP contribution in [0.2, 0.25) is 0 Å². The van der Waals surface area contributed by atoms with Crippen molar-refractivity contribution in [2.24, 2.45) is 16.3 Å². The number of hydrogen-bond acceptors (Lipinski definition) is 2. The van der Waals surface area contributed by atoms with Gasteiger partial charge in [0.05, 0.1) is 6.10 Å². The number of benzene rings is 1. The molecule has 1 saturated carbocycles. The molecule has 2 aromatic rings. The summed E-state index contributed by atoms with van der Waals surface area (Å²) in [5, 5.41) is 8.41. The normalized spacial score (nSPS) is 26.7. The third-order valence-electron chi connectivity index (χ3n) is 5.98. The fourth-order valence-electron chi connectivity index (χ4n) is 4.61. The molecule has 0 spiro atoms. The van der Waals surface area contributed by atoms with E-state index >= 15 is 0 Å². The molecule has 0 amide bonds. The van der Waals surface area contributed by atoms with Crippen molar-refractivity contribution in [3.05, 3.63) is 36.0 Å². The van der Waals surface area contributed by atoms with Crippen LogP contribution in [0.1, 0.15) is 25.8 Å². The lowest BCUT2D eigenvalue weighted by atomic mass is 9.57. The van der Waals surface area contributed by atoms with Crippen LogP contribution in [0.5, 0.6) is 0 Å². The molecule has 0 radical (unpaired) electrons. The van der Waals surface area contributed by atoms with Crippen molar-refractivity contribution < 1.29 is 4.74 Å². The van der Waals surface area contributed by atoms with E-state index < -0.39 is 0 Å². The predicted molar refractivity (Wildman–Crippen MR) is 117 cm³/mol. The Kier molecular flexibility index (Phi) is 5.81. The Hall–Kier alpha value is -1.28. The van der Waals surface area contributed by atoms with Gasteiger partial charge in [-0.05, 0) is 24.5 Å². The van der Waals surface area contributed by atoms with E-state index in [1.807, 2.05) is 7.05 Å². The monoisotopic (exact) mass is 468 g/mol. The van der Waals surface area contributed by atoms with Gasteiger partial charge in [-0.2, -0.15) is 0 Å². The van der Waals surface area contributed by atoms with Crippen molar-refractivity contribution in [1.29, 1.82) is 0 Å². The number of nitrogens with zero attached hydrogens (tertiary/aromatic N) is 1. The Bertz CT molecular complexity index is 785. The second-order valence-electron chi connectivity index (χ2n) is 7.80. The molecule has 5 nitrogen and oxygen atoms in total.